The number of aryl methyl sites for hydroxylation is 1. The topological polar surface area (TPSA) is 105 Å². The average Bonchev–Trinajstić information content (AvgIpc) is 3.19. The lowest BCUT2D eigenvalue weighted by Gasteiger charge is -2.06. The first-order chi connectivity index (χ1) is 14.1. The largest absolute Gasteiger partial charge is 0.497 e. The molecule has 3 N–H and O–H groups in total. The van der Waals surface area contributed by atoms with E-state index in [1.165, 1.54) is 11.3 Å². The molecule has 0 bridgehead atoms. The zero-order valence-corrected chi connectivity index (χ0v) is 16.7. The van der Waals surface area contributed by atoms with Crippen LogP contribution in [0.4, 0.5) is 15.6 Å². The van der Waals surface area contributed by atoms with Gasteiger partial charge in [-0.2, -0.15) is 0 Å². The Labute approximate surface area is 172 Å². The Morgan fingerprint density at radius 1 is 1.14 bits per heavy atom. The molecule has 0 spiro atoms. The molecule has 0 aliphatic carbocycles. The minimum Gasteiger partial charge on any atom is -0.497 e. The first-order valence-electron chi connectivity index (χ1n) is 8.94. The molecule has 0 saturated heterocycles. The monoisotopic (exact) mass is 411 g/mol. The fraction of sp³-hybridized carbons (Fsp3) is 0.200. The van der Waals surface area contributed by atoms with Gasteiger partial charge in [0.1, 0.15) is 5.75 Å². The molecule has 150 valence electrons. The van der Waals surface area contributed by atoms with E-state index in [2.05, 4.69) is 25.9 Å². The van der Waals surface area contributed by atoms with E-state index in [1.807, 2.05) is 17.5 Å². The smallest absolute Gasteiger partial charge is 0.325 e. The first kappa shape index (κ1) is 20.3. The number of anilines is 2. The average molecular weight is 411 g/mol. The minimum absolute atomic E-state index is 0.0615. The summed E-state index contributed by atoms with van der Waals surface area (Å²) in [4.78, 5) is 32.4. The third-order valence-corrected chi connectivity index (χ3v) is 4.75. The first-order valence-corrected chi connectivity index (χ1v) is 9.82. The normalized spacial score (nSPS) is 10.2. The van der Waals surface area contributed by atoms with E-state index >= 15 is 0 Å². The lowest BCUT2D eigenvalue weighted by Crippen LogP contribution is -2.23. The molecular formula is C20H21N5O3S. The molecule has 3 amide bonds. The van der Waals surface area contributed by atoms with Gasteiger partial charge in [0.2, 0.25) is 5.91 Å². The van der Waals surface area contributed by atoms with E-state index in [0.29, 0.717) is 36.0 Å². The zero-order chi connectivity index (χ0) is 20.5. The summed E-state index contributed by atoms with van der Waals surface area (Å²) in [5.74, 6) is 0.651. The number of hydrogen-bond acceptors (Lipinski definition) is 6. The number of carbonyl (C=O) groups is 2. The van der Waals surface area contributed by atoms with Crippen LogP contribution in [0.25, 0.3) is 0 Å². The molecular weight excluding hydrogens is 390 g/mol. The molecule has 0 radical (unpaired) electrons. The van der Waals surface area contributed by atoms with Crippen molar-refractivity contribution in [1.29, 1.82) is 0 Å². The summed E-state index contributed by atoms with van der Waals surface area (Å²) in [5, 5.41) is 10.6. The number of urea groups is 1. The van der Waals surface area contributed by atoms with Gasteiger partial charge in [-0.3, -0.25) is 15.1 Å². The second-order valence-electron chi connectivity index (χ2n) is 6.09. The molecule has 0 aliphatic rings. The van der Waals surface area contributed by atoms with Crippen molar-refractivity contribution in [3.63, 3.8) is 0 Å². The van der Waals surface area contributed by atoms with Crippen LogP contribution >= 0.6 is 11.3 Å². The molecule has 2 heterocycles. The van der Waals surface area contributed by atoms with Crippen LogP contribution < -0.4 is 20.7 Å². The molecule has 8 nitrogen and oxygen atoms in total. The number of aromatic nitrogens is 2. The maximum atomic E-state index is 12.1. The summed E-state index contributed by atoms with van der Waals surface area (Å²) in [5.41, 5.74) is 2.35. The van der Waals surface area contributed by atoms with E-state index in [9.17, 15) is 9.59 Å². The standard InChI is InChI=1S/C20H21N5O3S/c1-28-17-7-4-15(5-8-17)23-19(27)25-20-24-16(13-29-20)6-9-18(26)22-12-14-3-2-10-21-11-14/h2-5,7-8,10-11,13H,6,9,12H2,1H3,(H,22,26)(H2,23,24,25,27). The fourth-order valence-electron chi connectivity index (χ4n) is 2.45. The van der Waals surface area contributed by atoms with Gasteiger partial charge in [-0.15, -0.1) is 11.3 Å². The molecule has 0 unspecified atom stereocenters. The van der Waals surface area contributed by atoms with Crippen molar-refractivity contribution in [3.8, 4) is 5.75 Å². The summed E-state index contributed by atoms with van der Waals surface area (Å²) in [6, 6.07) is 10.4. The number of amides is 3. The van der Waals surface area contributed by atoms with Gasteiger partial charge in [-0.1, -0.05) is 6.07 Å². The molecule has 1 aromatic carbocycles. The molecule has 2 aromatic heterocycles. The van der Waals surface area contributed by atoms with Gasteiger partial charge in [0, 0.05) is 36.4 Å². The lowest BCUT2D eigenvalue weighted by atomic mass is 10.2. The van der Waals surface area contributed by atoms with E-state index in [0.717, 1.165) is 11.3 Å². The highest BCUT2D eigenvalue weighted by Gasteiger charge is 2.09. The molecule has 29 heavy (non-hydrogen) atoms. The van der Waals surface area contributed by atoms with Crippen LogP contribution in [0.1, 0.15) is 17.7 Å². The van der Waals surface area contributed by atoms with Crippen molar-refractivity contribution in [1.82, 2.24) is 15.3 Å². The van der Waals surface area contributed by atoms with Crippen LogP contribution in [0.3, 0.4) is 0 Å². The quantitative estimate of drug-likeness (QED) is 0.527. The maximum Gasteiger partial charge on any atom is 0.325 e. The van der Waals surface area contributed by atoms with Crippen LogP contribution in [0.2, 0.25) is 0 Å². The number of methoxy groups -OCH3 is 1. The number of carbonyl (C=O) groups excluding carboxylic acids is 2. The molecule has 0 fully saturated rings. The minimum atomic E-state index is -0.384. The lowest BCUT2D eigenvalue weighted by molar-refractivity contribution is -0.121. The number of rotatable bonds is 8. The Balaban J connectivity index is 1.41. The maximum absolute atomic E-state index is 12.1. The number of benzene rings is 1. The summed E-state index contributed by atoms with van der Waals surface area (Å²) in [6.45, 7) is 0.447. The Morgan fingerprint density at radius 2 is 1.97 bits per heavy atom. The molecule has 0 atom stereocenters. The third kappa shape index (κ3) is 6.58. The molecule has 0 aliphatic heterocycles. The van der Waals surface area contributed by atoms with E-state index in [4.69, 9.17) is 4.74 Å². The van der Waals surface area contributed by atoms with Crippen molar-refractivity contribution in [3.05, 3.63) is 65.4 Å². The number of nitrogens with zero attached hydrogens (tertiary/aromatic N) is 2. The van der Waals surface area contributed by atoms with E-state index in [1.54, 1.807) is 43.8 Å². The molecule has 9 heteroatoms. The zero-order valence-electron chi connectivity index (χ0n) is 15.8. The van der Waals surface area contributed by atoms with Crippen LogP contribution in [0, 0.1) is 0 Å². The summed E-state index contributed by atoms with van der Waals surface area (Å²) in [7, 11) is 1.58. The second-order valence-corrected chi connectivity index (χ2v) is 6.95. The Kier molecular flexibility index (Phi) is 7.12. The summed E-state index contributed by atoms with van der Waals surface area (Å²) in [6.07, 6.45) is 4.23. The van der Waals surface area contributed by atoms with Gasteiger partial charge < -0.3 is 15.4 Å². The second kappa shape index (κ2) is 10.2. The van der Waals surface area contributed by atoms with Crippen molar-refractivity contribution in [2.45, 2.75) is 19.4 Å². The Bertz CT molecular complexity index is 944. The van der Waals surface area contributed by atoms with E-state index in [-0.39, 0.29) is 11.9 Å². The number of ether oxygens (including phenoxy) is 1. The number of thiazole rings is 1. The van der Waals surface area contributed by atoms with Gasteiger partial charge in [0.15, 0.2) is 5.13 Å². The van der Waals surface area contributed by atoms with Gasteiger partial charge in [0.25, 0.3) is 0 Å². The van der Waals surface area contributed by atoms with Gasteiger partial charge >= 0.3 is 6.03 Å². The number of nitrogens with one attached hydrogen (secondary N) is 3. The number of hydrogen-bond donors (Lipinski definition) is 3. The molecule has 0 saturated carbocycles. The summed E-state index contributed by atoms with van der Waals surface area (Å²) >= 11 is 1.31. The van der Waals surface area contributed by atoms with Crippen molar-refractivity contribution in [2.24, 2.45) is 0 Å². The van der Waals surface area contributed by atoms with Crippen LogP contribution in [-0.4, -0.2) is 29.0 Å². The van der Waals surface area contributed by atoms with Crippen molar-refractivity contribution < 1.29 is 14.3 Å². The predicted octanol–water partition coefficient (Wildman–Crippen LogP) is 3.44. The fourth-order valence-corrected chi connectivity index (χ4v) is 3.19. The van der Waals surface area contributed by atoms with Crippen molar-refractivity contribution >= 4 is 34.1 Å². The highest BCUT2D eigenvalue weighted by molar-refractivity contribution is 7.13. The van der Waals surface area contributed by atoms with Crippen LogP contribution in [0.15, 0.2) is 54.2 Å². The Hall–Kier alpha value is -3.46. The highest BCUT2D eigenvalue weighted by atomic mass is 32.1. The third-order valence-electron chi connectivity index (χ3n) is 3.94. The van der Waals surface area contributed by atoms with Crippen LogP contribution in [0.5, 0.6) is 5.75 Å². The van der Waals surface area contributed by atoms with Gasteiger partial charge in [-0.25, -0.2) is 9.78 Å². The molecule has 3 rings (SSSR count). The predicted molar refractivity (Wildman–Crippen MR) is 112 cm³/mol. The van der Waals surface area contributed by atoms with Gasteiger partial charge in [0.05, 0.1) is 12.8 Å². The van der Waals surface area contributed by atoms with Crippen LogP contribution in [-0.2, 0) is 17.8 Å². The summed E-state index contributed by atoms with van der Waals surface area (Å²) < 4.78 is 5.08. The van der Waals surface area contributed by atoms with Crippen molar-refractivity contribution in [2.75, 3.05) is 17.7 Å². The van der Waals surface area contributed by atoms with E-state index < -0.39 is 0 Å². The number of pyridine rings is 1. The Morgan fingerprint density at radius 3 is 2.69 bits per heavy atom. The highest BCUT2D eigenvalue weighted by Crippen LogP contribution is 2.18. The SMILES string of the molecule is COc1ccc(NC(=O)Nc2nc(CCC(=O)NCc3cccnc3)cs2)cc1. The van der Waals surface area contributed by atoms with Gasteiger partial charge in [-0.05, 0) is 42.3 Å². The molecule has 3 aromatic rings.